The number of fused-ring (bicyclic) bond motifs is 1. The van der Waals surface area contributed by atoms with E-state index in [1.807, 2.05) is 97.1 Å². The maximum absolute atomic E-state index is 9.50. The van der Waals surface area contributed by atoms with Crippen LogP contribution in [0.2, 0.25) is 0 Å². The standard InChI is InChI=1S/C29H20N2O/c1-32-28-15-14-25-17-21(7-9-26(25)18-28)8-16-29(27(19-30)20-31)24-12-10-23(11-13-24)22-5-3-2-4-6-22/h2-18H,1H3/b16-8+. The van der Waals surface area contributed by atoms with Gasteiger partial charge in [0.25, 0.3) is 0 Å². The Balaban J connectivity index is 1.68. The molecular formula is C29H20N2O. The normalized spacial score (nSPS) is 10.5. The first-order chi connectivity index (χ1) is 15.7. The Morgan fingerprint density at radius 2 is 1.41 bits per heavy atom. The summed E-state index contributed by atoms with van der Waals surface area (Å²) in [6.45, 7) is 0. The van der Waals surface area contributed by atoms with Gasteiger partial charge in [-0.2, -0.15) is 10.5 Å². The quantitative estimate of drug-likeness (QED) is 0.261. The van der Waals surface area contributed by atoms with Crippen LogP contribution < -0.4 is 4.74 Å². The van der Waals surface area contributed by atoms with Gasteiger partial charge in [0.05, 0.1) is 7.11 Å². The predicted molar refractivity (Wildman–Crippen MR) is 130 cm³/mol. The summed E-state index contributed by atoms with van der Waals surface area (Å²) in [7, 11) is 1.65. The smallest absolute Gasteiger partial charge is 0.137 e. The second-order valence-electron chi connectivity index (χ2n) is 7.26. The van der Waals surface area contributed by atoms with Crippen molar-refractivity contribution in [3.8, 4) is 29.0 Å². The van der Waals surface area contributed by atoms with Crippen LogP contribution in [0.15, 0.2) is 103 Å². The molecule has 0 spiro atoms. The lowest BCUT2D eigenvalue weighted by atomic mass is 9.96. The molecule has 4 aromatic carbocycles. The number of nitrogens with zero attached hydrogens (tertiary/aromatic N) is 2. The number of nitriles is 2. The summed E-state index contributed by atoms with van der Waals surface area (Å²) in [4.78, 5) is 0. The van der Waals surface area contributed by atoms with Gasteiger partial charge in [-0.3, -0.25) is 0 Å². The molecule has 32 heavy (non-hydrogen) atoms. The Morgan fingerprint density at radius 1 is 0.750 bits per heavy atom. The van der Waals surface area contributed by atoms with Gasteiger partial charge in [-0.15, -0.1) is 0 Å². The lowest BCUT2D eigenvalue weighted by Gasteiger charge is -2.07. The molecule has 0 unspecified atom stereocenters. The largest absolute Gasteiger partial charge is 0.497 e. The van der Waals surface area contributed by atoms with E-state index in [9.17, 15) is 10.5 Å². The van der Waals surface area contributed by atoms with E-state index in [2.05, 4.69) is 18.2 Å². The molecule has 4 rings (SSSR count). The summed E-state index contributed by atoms with van der Waals surface area (Å²) < 4.78 is 5.29. The van der Waals surface area contributed by atoms with Crippen molar-refractivity contribution in [1.82, 2.24) is 0 Å². The SMILES string of the molecule is COc1ccc2cc(/C=C/C(=C(C#N)C#N)c3ccc(-c4ccccc4)cc3)ccc2c1. The first-order valence-corrected chi connectivity index (χ1v) is 10.2. The van der Waals surface area contributed by atoms with Gasteiger partial charge >= 0.3 is 0 Å². The zero-order valence-corrected chi connectivity index (χ0v) is 17.6. The fourth-order valence-corrected chi connectivity index (χ4v) is 3.59. The van der Waals surface area contributed by atoms with Gasteiger partial charge in [0.15, 0.2) is 0 Å². The fourth-order valence-electron chi connectivity index (χ4n) is 3.59. The molecule has 0 saturated heterocycles. The van der Waals surface area contributed by atoms with Crippen molar-refractivity contribution in [1.29, 1.82) is 10.5 Å². The second-order valence-corrected chi connectivity index (χ2v) is 7.26. The van der Waals surface area contributed by atoms with Gasteiger partial charge in [-0.05, 0) is 51.2 Å². The van der Waals surface area contributed by atoms with Crippen molar-refractivity contribution in [2.24, 2.45) is 0 Å². The number of hydrogen-bond donors (Lipinski definition) is 0. The summed E-state index contributed by atoms with van der Waals surface area (Å²) in [6.07, 6.45) is 3.77. The van der Waals surface area contributed by atoms with Crippen LogP contribution in [-0.2, 0) is 0 Å². The van der Waals surface area contributed by atoms with E-state index >= 15 is 0 Å². The molecule has 3 heteroatoms. The first kappa shape index (κ1) is 20.7. The summed E-state index contributed by atoms with van der Waals surface area (Å²) in [5.41, 5.74) is 4.69. The Bertz CT molecular complexity index is 1380. The Hall–Kier alpha value is -4.60. The third-order valence-corrected chi connectivity index (χ3v) is 5.31. The highest BCUT2D eigenvalue weighted by Crippen LogP contribution is 2.27. The first-order valence-electron chi connectivity index (χ1n) is 10.2. The van der Waals surface area contributed by atoms with Crippen LogP contribution >= 0.6 is 0 Å². The molecule has 0 aliphatic rings. The van der Waals surface area contributed by atoms with Crippen LogP contribution in [-0.4, -0.2) is 7.11 Å². The van der Waals surface area contributed by atoms with E-state index in [-0.39, 0.29) is 5.57 Å². The molecule has 0 bridgehead atoms. The van der Waals surface area contributed by atoms with Crippen molar-refractivity contribution in [2.45, 2.75) is 0 Å². The molecule has 0 fully saturated rings. The molecule has 0 atom stereocenters. The van der Waals surface area contributed by atoms with Gasteiger partial charge in [0.1, 0.15) is 23.5 Å². The average Bonchev–Trinajstić information content (AvgIpc) is 2.87. The second kappa shape index (κ2) is 9.47. The Morgan fingerprint density at radius 3 is 2.09 bits per heavy atom. The van der Waals surface area contributed by atoms with E-state index in [4.69, 9.17) is 4.74 Å². The zero-order valence-electron chi connectivity index (χ0n) is 17.6. The molecule has 0 amide bonds. The van der Waals surface area contributed by atoms with E-state index in [0.717, 1.165) is 38.8 Å². The molecule has 4 aromatic rings. The third-order valence-electron chi connectivity index (χ3n) is 5.31. The molecule has 3 nitrogen and oxygen atoms in total. The number of hydrogen-bond acceptors (Lipinski definition) is 3. The molecule has 0 aliphatic carbocycles. The molecule has 152 valence electrons. The predicted octanol–water partition coefficient (Wildman–Crippen LogP) is 7.03. The van der Waals surface area contributed by atoms with Crippen LogP contribution in [0.3, 0.4) is 0 Å². The summed E-state index contributed by atoms with van der Waals surface area (Å²) in [6, 6.07) is 34.1. The molecule has 0 heterocycles. The van der Waals surface area contributed by atoms with Gasteiger partial charge < -0.3 is 4.74 Å². The van der Waals surface area contributed by atoms with Gasteiger partial charge in [-0.25, -0.2) is 0 Å². The highest BCUT2D eigenvalue weighted by Gasteiger charge is 2.07. The molecule has 0 N–H and O–H groups in total. The van der Waals surface area contributed by atoms with Crippen LogP contribution in [0.5, 0.6) is 5.75 Å². The van der Waals surface area contributed by atoms with E-state index in [1.54, 1.807) is 7.11 Å². The zero-order chi connectivity index (χ0) is 22.3. The summed E-state index contributed by atoms with van der Waals surface area (Å²) >= 11 is 0. The van der Waals surface area contributed by atoms with Gasteiger partial charge in [0, 0.05) is 5.57 Å². The summed E-state index contributed by atoms with van der Waals surface area (Å²) in [5, 5.41) is 21.2. The number of ether oxygens (including phenoxy) is 1. The van der Waals surface area contributed by atoms with Crippen molar-refractivity contribution < 1.29 is 4.74 Å². The highest BCUT2D eigenvalue weighted by molar-refractivity contribution is 5.89. The highest BCUT2D eigenvalue weighted by atomic mass is 16.5. The van der Waals surface area contributed by atoms with Crippen molar-refractivity contribution in [3.63, 3.8) is 0 Å². The topological polar surface area (TPSA) is 56.8 Å². The monoisotopic (exact) mass is 412 g/mol. The summed E-state index contributed by atoms with van der Waals surface area (Å²) in [5.74, 6) is 0.817. The molecule has 0 aliphatic heterocycles. The van der Waals surface area contributed by atoms with Crippen molar-refractivity contribution in [3.05, 3.63) is 114 Å². The number of allylic oxidation sites excluding steroid dienone is 3. The number of benzene rings is 4. The molecule has 0 radical (unpaired) electrons. The van der Waals surface area contributed by atoms with Gasteiger partial charge in [-0.1, -0.05) is 84.9 Å². The van der Waals surface area contributed by atoms with Crippen LogP contribution in [0.1, 0.15) is 11.1 Å². The molecular weight excluding hydrogens is 392 g/mol. The Kier molecular flexibility index (Phi) is 6.12. The average molecular weight is 412 g/mol. The number of methoxy groups -OCH3 is 1. The maximum Gasteiger partial charge on any atom is 0.137 e. The van der Waals surface area contributed by atoms with Crippen molar-refractivity contribution >= 4 is 22.4 Å². The van der Waals surface area contributed by atoms with E-state index < -0.39 is 0 Å². The minimum absolute atomic E-state index is 0.0826. The number of rotatable bonds is 5. The molecule has 0 aromatic heterocycles. The van der Waals surface area contributed by atoms with Crippen LogP contribution in [0.25, 0.3) is 33.5 Å². The van der Waals surface area contributed by atoms with Crippen molar-refractivity contribution in [2.75, 3.05) is 7.11 Å². The van der Waals surface area contributed by atoms with Crippen LogP contribution in [0.4, 0.5) is 0 Å². The lowest BCUT2D eigenvalue weighted by Crippen LogP contribution is -1.88. The van der Waals surface area contributed by atoms with E-state index in [1.165, 1.54) is 0 Å². The molecule has 0 saturated carbocycles. The van der Waals surface area contributed by atoms with E-state index in [0.29, 0.717) is 5.57 Å². The minimum Gasteiger partial charge on any atom is -0.497 e. The minimum atomic E-state index is 0.0826. The fraction of sp³-hybridized carbons (Fsp3) is 0.0345. The third kappa shape index (κ3) is 4.43. The Labute approximate surface area is 187 Å². The maximum atomic E-state index is 9.50. The van der Waals surface area contributed by atoms with Gasteiger partial charge in [0.2, 0.25) is 0 Å². The van der Waals surface area contributed by atoms with Crippen LogP contribution in [0, 0.1) is 22.7 Å². The lowest BCUT2D eigenvalue weighted by molar-refractivity contribution is 0.415.